The zero-order valence-corrected chi connectivity index (χ0v) is 11.9. The van der Waals surface area contributed by atoms with E-state index in [9.17, 15) is 4.79 Å². The van der Waals surface area contributed by atoms with Crippen molar-refractivity contribution in [2.75, 3.05) is 0 Å². The van der Waals surface area contributed by atoms with E-state index in [4.69, 9.17) is 14.6 Å². The second-order valence-corrected chi connectivity index (χ2v) is 5.01. The van der Waals surface area contributed by atoms with E-state index in [1.54, 1.807) is 17.2 Å². The number of allylic oxidation sites excluding steroid dienone is 5. The molecule has 6 nitrogen and oxygen atoms in total. The Morgan fingerprint density at radius 3 is 3.05 bits per heavy atom. The highest BCUT2D eigenvalue weighted by molar-refractivity contribution is 5.86. The lowest BCUT2D eigenvalue weighted by Gasteiger charge is -2.19. The number of ether oxygens (including phenoxy) is 2. The molecule has 0 atom stereocenters. The van der Waals surface area contributed by atoms with Crippen molar-refractivity contribution in [2.24, 2.45) is 0 Å². The quantitative estimate of drug-likeness (QED) is 0.905. The van der Waals surface area contributed by atoms with E-state index in [2.05, 4.69) is 11.2 Å². The van der Waals surface area contributed by atoms with Crippen LogP contribution in [0.5, 0.6) is 0 Å². The lowest BCUT2D eigenvalue weighted by molar-refractivity contribution is 0.0697. The Bertz CT molecular complexity index is 695. The largest absolute Gasteiger partial charge is 0.478 e. The van der Waals surface area contributed by atoms with Crippen LogP contribution in [-0.4, -0.2) is 20.9 Å². The molecule has 0 saturated heterocycles. The minimum absolute atomic E-state index is 0.175. The Morgan fingerprint density at radius 2 is 2.32 bits per heavy atom. The van der Waals surface area contributed by atoms with Crippen LogP contribution in [0.2, 0.25) is 0 Å². The molecule has 0 fully saturated rings. The molecule has 2 aliphatic rings. The first-order chi connectivity index (χ1) is 10.7. The maximum absolute atomic E-state index is 10.8. The van der Waals surface area contributed by atoms with Crippen molar-refractivity contribution in [3.63, 3.8) is 0 Å². The molecule has 0 bridgehead atoms. The van der Waals surface area contributed by atoms with E-state index in [-0.39, 0.29) is 5.56 Å². The molecule has 1 aromatic heterocycles. The summed E-state index contributed by atoms with van der Waals surface area (Å²) < 4.78 is 12.8. The van der Waals surface area contributed by atoms with Gasteiger partial charge in [0.2, 0.25) is 0 Å². The average molecular weight is 300 g/mol. The first kappa shape index (κ1) is 14.2. The van der Waals surface area contributed by atoms with Gasteiger partial charge in [-0.2, -0.15) is 5.10 Å². The second-order valence-electron chi connectivity index (χ2n) is 5.01. The highest BCUT2D eigenvalue weighted by atomic mass is 16.5. The number of carboxylic acid groups (broad SMARTS) is 1. The number of carboxylic acids is 1. The van der Waals surface area contributed by atoms with Gasteiger partial charge in [-0.3, -0.25) is 4.68 Å². The maximum Gasteiger partial charge on any atom is 0.338 e. The summed E-state index contributed by atoms with van der Waals surface area (Å²) in [7, 11) is 0. The van der Waals surface area contributed by atoms with Crippen LogP contribution in [-0.2, 0) is 16.0 Å². The number of hydrogen-bond acceptors (Lipinski definition) is 4. The smallest absolute Gasteiger partial charge is 0.338 e. The van der Waals surface area contributed by atoms with Crippen LogP contribution in [0.1, 0.15) is 29.6 Å². The normalized spacial score (nSPS) is 17.0. The van der Waals surface area contributed by atoms with Gasteiger partial charge in [0.15, 0.2) is 5.76 Å². The van der Waals surface area contributed by atoms with Gasteiger partial charge in [-0.15, -0.1) is 0 Å². The van der Waals surface area contributed by atoms with E-state index in [1.165, 1.54) is 12.4 Å². The summed E-state index contributed by atoms with van der Waals surface area (Å²) in [6, 6.07) is 0. The molecular formula is C16H16N2O4. The molecule has 1 N–H and O–H groups in total. The van der Waals surface area contributed by atoms with Crippen molar-refractivity contribution in [3.8, 4) is 0 Å². The van der Waals surface area contributed by atoms with Crippen molar-refractivity contribution in [2.45, 2.75) is 25.8 Å². The summed E-state index contributed by atoms with van der Waals surface area (Å²) in [4.78, 5) is 10.8. The fourth-order valence-electron chi connectivity index (χ4n) is 2.24. The van der Waals surface area contributed by atoms with Crippen LogP contribution in [0.15, 0.2) is 60.2 Å². The summed E-state index contributed by atoms with van der Waals surface area (Å²) in [6.07, 6.45) is 14.6. The third-order valence-corrected chi connectivity index (χ3v) is 3.41. The molecule has 0 saturated carbocycles. The molecule has 1 aromatic rings. The van der Waals surface area contributed by atoms with E-state index >= 15 is 0 Å². The molecule has 3 rings (SSSR count). The molecule has 0 amide bonds. The van der Waals surface area contributed by atoms with E-state index < -0.39 is 5.97 Å². The van der Waals surface area contributed by atoms with E-state index in [0.717, 1.165) is 24.2 Å². The molecule has 114 valence electrons. The van der Waals surface area contributed by atoms with Crippen LogP contribution in [0.4, 0.5) is 0 Å². The summed E-state index contributed by atoms with van der Waals surface area (Å²) in [5, 5.41) is 12.9. The zero-order chi connectivity index (χ0) is 15.4. The summed E-state index contributed by atoms with van der Waals surface area (Å²) in [6.45, 7) is 0.523. The van der Waals surface area contributed by atoms with Gasteiger partial charge in [-0.05, 0) is 18.4 Å². The van der Waals surface area contributed by atoms with Gasteiger partial charge in [0.05, 0.1) is 11.8 Å². The van der Waals surface area contributed by atoms with Gasteiger partial charge >= 0.3 is 5.97 Å². The first-order valence-electron chi connectivity index (χ1n) is 7.07. The molecule has 0 spiro atoms. The predicted octanol–water partition coefficient (Wildman–Crippen LogP) is 2.98. The fourth-order valence-corrected chi connectivity index (χ4v) is 2.24. The highest BCUT2D eigenvalue weighted by Crippen LogP contribution is 2.27. The second kappa shape index (κ2) is 6.34. The van der Waals surface area contributed by atoms with E-state index in [0.29, 0.717) is 18.7 Å². The summed E-state index contributed by atoms with van der Waals surface area (Å²) in [5.74, 6) is 0.444. The monoisotopic (exact) mass is 300 g/mol. The Kier molecular flexibility index (Phi) is 4.09. The summed E-state index contributed by atoms with van der Waals surface area (Å²) in [5.41, 5.74) is 1.29. The van der Waals surface area contributed by atoms with Crippen LogP contribution in [0.3, 0.4) is 0 Å². The molecule has 1 aliphatic heterocycles. The van der Waals surface area contributed by atoms with Crippen LogP contribution in [0, 0.1) is 0 Å². The van der Waals surface area contributed by atoms with Gasteiger partial charge in [-0.1, -0.05) is 18.2 Å². The third-order valence-electron chi connectivity index (χ3n) is 3.41. The molecule has 2 heterocycles. The molecule has 0 aromatic carbocycles. The molecule has 6 heteroatoms. The minimum atomic E-state index is -0.981. The summed E-state index contributed by atoms with van der Waals surface area (Å²) >= 11 is 0. The van der Waals surface area contributed by atoms with Crippen molar-refractivity contribution in [1.82, 2.24) is 9.78 Å². The van der Waals surface area contributed by atoms with Gasteiger partial charge < -0.3 is 14.6 Å². The SMILES string of the molecule is O=C(O)c1cnn(CCC2=COC=C(C3=CC=CCC3)O2)c1. The Hall–Kier alpha value is -2.76. The van der Waals surface area contributed by atoms with Gasteiger partial charge in [0, 0.05) is 19.2 Å². The average Bonchev–Trinajstić information content (AvgIpc) is 3.03. The standard InChI is InChI=1S/C16H16N2O4/c19-16(20)13-8-17-18(9-13)7-6-14-10-21-11-15(22-14)12-4-2-1-3-5-12/h1-2,4,8-11H,3,5-7H2,(H,19,20). The Labute approximate surface area is 127 Å². The maximum atomic E-state index is 10.8. The Balaban J connectivity index is 1.57. The highest BCUT2D eigenvalue weighted by Gasteiger charge is 2.15. The number of carbonyl (C=O) groups is 1. The van der Waals surface area contributed by atoms with E-state index in [1.807, 2.05) is 12.2 Å². The van der Waals surface area contributed by atoms with Crippen molar-refractivity contribution >= 4 is 5.97 Å². The van der Waals surface area contributed by atoms with Crippen molar-refractivity contribution < 1.29 is 19.4 Å². The molecule has 1 aliphatic carbocycles. The number of rotatable bonds is 5. The third kappa shape index (κ3) is 3.28. The number of aromatic carboxylic acids is 1. The van der Waals surface area contributed by atoms with Crippen molar-refractivity contribution in [1.29, 1.82) is 0 Å². The van der Waals surface area contributed by atoms with Crippen LogP contribution in [0.25, 0.3) is 0 Å². The predicted molar refractivity (Wildman–Crippen MR) is 78.6 cm³/mol. The Morgan fingerprint density at radius 1 is 1.41 bits per heavy atom. The lowest BCUT2D eigenvalue weighted by atomic mass is 10.0. The lowest BCUT2D eigenvalue weighted by Crippen LogP contribution is -2.07. The minimum Gasteiger partial charge on any atom is -0.478 e. The molecule has 0 radical (unpaired) electrons. The number of nitrogens with zero attached hydrogens (tertiary/aromatic N) is 2. The fraction of sp³-hybridized carbons (Fsp3) is 0.250. The van der Waals surface area contributed by atoms with Crippen LogP contribution < -0.4 is 0 Å². The van der Waals surface area contributed by atoms with Gasteiger partial charge in [-0.25, -0.2) is 4.79 Å². The first-order valence-corrected chi connectivity index (χ1v) is 7.07. The number of hydrogen-bond donors (Lipinski definition) is 1. The molecule has 22 heavy (non-hydrogen) atoms. The van der Waals surface area contributed by atoms with Gasteiger partial charge in [0.1, 0.15) is 18.3 Å². The topological polar surface area (TPSA) is 73.6 Å². The zero-order valence-electron chi connectivity index (χ0n) is 11.9. The number of aryl methyl sites for hydroxylation is 1. The number of aromatic nitrogens is 2. The molecule has 0 unspecified atom stereocenters. The van der Waals surface area contributed by atoms with Crippen molar-refractivity contribution in [3.05, 3.63) is 65.8 Å². The van der Waals surface area contributed by atoms with Gasteiger partial charge in [0.25, 0.3) is 0 Å². The molecular weight excluding hydrogens is 284 g/mol. The van der Waals surface area contributed by atoms with Crippen LogP contribution >= 0.6 is 0 Å².